The quantitative estimate of drug-likeness (QED) is 0.271. The van der Waals surface area contributed by atoms with E-state index in [1.807, 2.05) is 0 Å². The van der Waals surface area contributed by atoms with Crippen LogP contribution in [0.3, 0.4) is 0 Å². The Morgan fingerprint density at radius 2 is 1.80 bits per heavy atom. The first-order valence-electron chi connectivity index (χ1n) is 3.82. The van der Waals surface area contributed by atoms with Gasteiger partial charge in [0.05, 0.1) is 6.42 Å². The maximum atomic E-state index is 10.9. The summed E-state index contributed by atoms with van der Waals surface area (Å²) < 4.78 is 4.11. The molecule has 0 aromatic heterocycles. The van der Waals surface area contributed by atoms with Crippen LogP contribution in [0.5, 0.6) is 0 Å². The van der Waals surface area contributed by atoms with Gasteiger partial charge in [0.1, 0.15) is 12.1 Å². The first kappa shape index (κ1) is 17.2. The molecule has 0 aromatic rings. The fourth-order valence-corrected chi connectivity index (χ4v) is 0.560. The average Bonchev–Trinajstić information content (AvgIpc) is 2.02. The molecule has 0 radical (unpaired) electrons. The molecule has 0 saturated carbocycles. The van der Waals surface area contributed by atoms with Gasteiger partial charge < -0.3 is 21.3 Å². The third-order valence-electron chi connectivity index (χ3n) is 1.27. The van der Waals surface area contributed by atoms with Crippen LogP contribution < -0.4 is 11.5 Å². The molecule has 0 aliphatic carbocycles. The van der Waals surface area contributed by atoms with Crippen molar-refractivity contribution in [3.05, 3.63) is 0 Å². The number of nitrogens with two attached hydrogens (primary N) is 2. The Balaban J connectivity index is 0. The molecular weight excluding hydrogens is 232 g/mol. The molecule has 0 spiro atoms. The Hall–Kier alpha value is -0.210. The Kier molecular flexibility index (Phi) is 9.17. The van der Waals surface area contributed by atoms with Crippen molar-refractivity contribution in [3.8, 4) is 0 Å². The van der Waals surface area contributed by atoms with Gasteiger partial charge in [0.2, 0.25) is 5.91 Å². The minimum absolute atomic E-state index is 0. The van der Waals surface area contributed by atoms with Crippen LogP contribution in [0.1, 0.15) is 13.3 Å². The Labute approximate surface area is 116 Å². The van der Waals surface area contributed by atoms with Gasteiger partial charge in [-0.1, -0.05) is 0 Å². The molecule has 0 rings (SSSR count). The fraction of sp³-hybridized carbons (Fsp3) is 0.571. The van der Waals surface area contributed by atoms with E-state index in [2.05, 4.69) is 4.74 Å². The van der Waals surface area contributed by atoms with E-state index < -0.39 is 36.4 Å². The van der Waals surface area contributed by atoms with E-state index in [9.17, 15) is 14.4 Å². The molecule has 15 heavy (non-hydrogen) atoms. The van der Waals surface area contributed by atoms with E-state index in [-0.39, 0.29) is 37.7 Å². The van der Waals surface area contributed by atoms with Crippen LogP contribution in [0.2, 0.25) is 0 Å². The van der Waals surface area contributed by atoms with Crippen LogP contribution in [0.4, 0.5) is 0 Å². The summed E-state index contributed by atoms with van der Waals surface area (Å²) in [5.74, 6) is -2.98. The SMILES string of the molecule is CC(O)C(=O)OC(=O)[C@@H](N)CC(N)=O.[CaH2]. The van der Waals surface area contributed by atoms with Crippen molar-refractivity contribution in [2.24, 2.45) is 11.5 Å². The number of primary amides is 1. The van der Waals surface area contributed by atoms with E-state index in [0.29, 0.717) is 0 Å². The first-order valence-corrected chi connectivity index (χ1v) is 3.82. The summed E-state index contributed by atoms with van der Waals surface area (Å²) >= 11 is 0. The Morgan fingerprint density at radius 3 is 2.13 bits per heavy atom. The van der Waals surface area contributed by atoms with Gasteiger partial charge in [-0.15, -0.1) is 0 Å². The molecule has 7 nitrogen and oxygen atoms in total. The number of ether oxygens (including phenoxy) is 1. The van der Waals surface area contributed by atoms with E-state index in [1.54, 1.807) is 0 Å². The molecule has 0 heterocycles. The van der Waals surface area contributed by atoms with Gasteiger partial charge in [-0.2, -0.15) is 0 Å². The number of amides is 1. The van der Waals surface area contributed by atoms with E-state index in [0.717, 1.165) is 6.92 Å². The second-order valence-electron chi connectivity index (χ2n) is 2.69. The topological polar surface area (TPSA) is 133 Å². The summed E-state index contributed by atoms with van der Waals surface area (Å²) in [4.78, 5) is 31.9. The number of hydrogen-bond donors (Lipinski definition) is 3. The third kappa shape index (κ3) is 7.69. The van der Waals surface area contributed by atoms with Crippen LogP contribution in [0.25, 0.3) is 0 Å². The molecule has 0 saturated heterocycles. The summed E-state index contributed by atoms with van der Waals surface area (Å²) in [6.07, 6.45) is -1.83. The summed E-state index contributed by atoms with van der Waals surface area (Å²) in [7, 11) is 0. The van der Waals surface area contributed by atoms with E-state index >= 15 is 0 Å². The summed E-state index contributed by atoms with van der Waals surface area (Å²) in [5.41, 5.74) is 9.92. The normalized spacial score (nSPS) is 13.3. The van der Waals surface area contributed by atoms with Crippen LogP contribution in [-0.4, -0.2) is 72.8 Å². The van der Waals surface area contributed by atoms with Gasteiger partial charge in [-0.3, -0.25) is 4.79 Å². The molecule has 84 valence electrons. The number of carbonyl (C=O) groups excluding carboxylic acids is 3. The van der Waals surface area contributed by atoms with Crippen molar-refractivity contribution in [3.63, 3.8) is 0 Å². The van der Waals surface area contributed by atoms with Gasteiger partial charge in [-0.05, 0) is 6.92 Å². The molecule has 0 aliphatic rings. The third-order valence-corrected chi connectivity index (χ3v) is 1.27. The van der Waals surface area contributed by atoms with Gasteiger partial charge in [0, 0.05) is 0 Å². The van der Waals surface area contributed by atoms with Crippen molar-refractivity contribution in [1.82, 2.24) is 0 Å². The molecular formula is C7H14CaN2O5. The molecule has 0 bridgehead atoms. The van der Waals surface area contributed by atoms with Crippen molar-refractivity contribution >= 4 is 55.6 Å². The first-order chi connectivity index (χ1) is 6.34. The zero-order valence-corrected chi connectivity index (χ0v) is 7.60. The van der Waals surface area contributed by atoms with E-state index in [4.69, 9.17) is 16.6 Å². The molecule has 5 N–H and O–H groups in total. The van der Waals surface area contributed by atoms with Gasteiger partial charge in [0.25, 0.3) is 0 Å². The van der Waals surface area contributed by atoms with Crippen LogP contribution in [0.15, 0.2) is 0 Å². The summed E-state index contributed by atoms with van der Waals surface area (Å²) in [6.45, 7) is 1.13. The van der Waals surface area contributed by atoms with Gasteiger partial charge in [0.15, 0.2) is 0 Å². The zero-order chi connectivity index (χ0) is 11.3. The number of aliphatic hydroxyl groups excluding tert-OH is 1. The predicted octanol–water partition coefficient (Wildman–Crippen LogP) is -3.28. The zero-order valence-electron chi connectivity index (χ0n) is 7.60. The number of carbonyl (C=O) groups is 3. The summed E-state index contributed by atoms with van der Waals surface area (Å²) in [6, 6.07) is -1.28. The maximum absolute atomic E-state index is 10.9. The van der Waals surface area contributed by atoms with Crippen LogP contribution in [-0.2, 0) is 19.1 Å². The average molecular weight is 246 g/mol. The second kappa shape index (κ2) is 8.00. The van der Waals surface area contributed by atoms with Crippen molar-refractivity contribution in [2.45, 2.75) is 25.5 Å². The number of esters is 2. The second-order valence-corrected chi connectivity index (χ2v) is 2.69. The number of aliphatic hydroxyl groups is 1. The molecule has 1 amide bonds. The Morgan fingerprint density at radius 1 is 1.33 bits per heavy atom. The fourth-order valence-electron chi connectivity index (χ4n) is 0.560. The van der Waals surface area contributed by atoms with Crippen molar-refractivity contribution < 1.29 is 24.2 Å². The van der Waals surface area contributed by atoms with Crippen molar-refractivity contribution in [2.75, 3.05) is 0 Å². The minimum atomic E-state index is -1.42. The van der Waals surface area contributed by atoms with Crippen LogP contribution in [0, 0.1) is 0 Å². The molecule has 2 atom stereocenters. The monoisotopic (exact) mass is 246 g/mol. The molecule has 0 aliphatic heterocycles. The molecule has 0 aromatic carbocycles. The standard InChI is InChI=1S/C7H12N2O5.Ca.2H/c1-3(10)6(12)14-7(13)4(8)2-5(9)11;;;/h3-4,10H,2,8H2,1H3,(H2,9,11);;;/t3?,4-;;;/m0.../s1. The van der Waals surface area contributed by atoms with Crippen molar-refractivity contribution in [1.29, 1.82) is 0 Å². The Bertz CT molecular complexity index is 256. The predicted molar refractivity (Wildman–Crippen MR) is 53.1 cm³/mol. The molecule has 0 fully saturated rings. The summed E-state index contributed by atoms with van der Waals surface area (Å²) in [5, 5.41) is 8.67. The number of hydrogen-bond acceptors (Lipinski definition) is 6. The molecule has 1 unspecified atom stereocenters. The van der Waals surface area contributed by atoms with Gasteiger partial charge >= 0.3 is 49.7 Å². The number of rotatable bonds is 4. The van der Waals surface area contributed by atoms with Crippen LogP contribution >= 0.6 is 0 Å². The molecule has 8 heteroatoms. The van der Waals surface area contributed by atoms with E-state index in [1.165, 1.54) is 0 Å². The van der Waals surface area contributed by atoms with Gasteiger partial charge in [-0.25, -0.2) is 9.59 Å².